The van der Waals surface area contributed by atoms with Crippen LogP contribution in [0.3, 0.4) is 0 Å². The highest BCUT2D eigenvalue weighted by molar-refractivity contribution is 9.10. The minimum absolute atomic E-state index is 0.199. The molecule has 0 aliphatic rings. The number of hydrazine groups is 1. The Morgan fingerprint density at radius 2 is 1.84 bits per heavy atom. The molecular weight excluding hydrogens is 311 g/mol. The quantitative estimate of drug-likeness (QED) is 0.671. The second-order valence-electron chi connectivity index (χ2n) is 3.98. The molecule has 100 valence electrons. The fourth-order valence-electron chi connectivity index (χ4n) is 1.96. The normalized spacial score (nSPS) is 12.2. The van der Waals surface area contributed by atoms with Crippen LogP contribution in [0, 0.1) is 5.82 Å². The average molecular weight is 325 g/mol. The van der Waals surface area contributed by atoms with Crippen LogP contribution < -0.4 is 16.0 Å². The average Bonchev–Trinajstić information content (AvgIpc) is 2.43. The second-order valence-corrected chi connectivity index (χ2v) is 4.84. The van der Waals surface area contributed by atoms with Crippen molar-refractivity contribution in [3.8, 4) is 5.75 Å². The Morgan fingerprint density at radius 3 is 2.47 bits per heavy atom. The largest absolute Gasteiger partial charge is 0.494 e. The van der Waals surface area contributed by atoms with Gasteiger partial charge in [-0.3, -0.25) is 5.84 Å². The summed E-state index contributed by atoms with van der Waals surface area (Å²) < 4.78 is 20.1. The molecule has 0 aliphatic carbocycles. The molecule has 1 unspecified atom stereocenters. The highest BCUT2D eigenvalue weighted by Crippen LogP contribution is 2.32. The SMILES string of the molecule is COc1cccc(C(NN)c2ccccc2Br)c1F. The summed E-state index contributed by atoms with van der Waals surface area (Å²) >= 11 is 3.45. The lowest BCUT2D eigenvalue weighted by Crippen LogP contribution is -2.29. The fourth-order valence-corrected chi connectivity index (χ4v) is 2.48. The van der Waals surface area contributed by atoms with Crippen LogP contribution in [-0.4, -0.2) is 7.11 Å². The first-order valence-electron chi connectivity index (χ1n) is 5.72. The van der Waals surface area contributed by atoms with E-state index in [4.69, 9.17) is 10.6 Å². The topological polar surface area (TPSA) is 47.3 Å². The van der Waals surface area contributed by atoms with Gasteiger partial charge in [0.05, 0.1) is 13.2 Å². The maximum Gasteiger partial charge on any atom is 0.170 e. The summed E-state index contributed by atoms with van der Waals surface area (Å²) in [5, 5.41) is 0. The second kappa shape index (κ2) is 6.14. The Balaban J connectivity index is 2.52. The molecular formula is C14H14BrFN2O. The zero-order valence-corrected chi connectivity index (χ0v) is 11.9. The number of nitrogens with one attached hydrogen (secondary N) is 1. The van der Waals surface area contributed by atoms with Gasteiger partial charge in [0, 0.05) is 10.0 Å². The molecule has 0 bridgehead atoms. The molecule has 19 heavy (non-hydrogen) atoms. The number of halogens is 2. The van der Waals surface area contributed by atoms with Crippen LogP contribution in [0.4, 0.5) is 4.39 Å². The number of methoxy groups -OCH3 is 1. The molecule has 0 spiro atoms. The van der Waals surface area contributed by atoms with Gasteiger partial charge >= 0.3 is 0 Å². The molecule has 2 aromatic rings. The van der Waals surface area contributed by atoms with E-state index in [1.807, 2.05) is 24.3 Å². The van der Waals surface area contributed by atoms with Crippen molar-refractivity contribution in [2.75, 3.05) is 7.11 Å². The van der Waals surface area contributed by atoms with Crippen LogP contribution in [-0.2, 0) is 0 Å². The van der Waals surface area contributed by atoms with Crippen LogP contribution in [0.1, 0.15) is 17.2 Å². The molecule has 0 aliphatic heterocycles. The Morgan fingerprint density at radius 1 is 1.16 bits per heavy atom. The van der Waals surface area contributed by atoms with Crippen LogP contribution in [0.5, 0.6) is 5.75 Å². The molecule has 0 radical (unpaired) electrons. The number of rotatable bonds is 4. The third kappa shape index (κ3) is 2.78. The van der Waals surface area contributed by atoms with Gasteiger partial charge < -0.3 is 4.74 Å². The third-order valence-corrected chi connectivity index (χ3v) is 3.63. The van der Waals surface area contributed by atoms with Crippen molar-refractivity contribution in [3.05, 3.63) is 63.9 Å². The molecule has 2 aromatic carbocycles. The monoisotopic (exact) mass is 324 g/mol. The molecule has 0 amide bonds. The van der Waals surface area contributed by atoms with E-state index in [0.29, 0.717) is 5.56 Å². The molecule has 3 N–H and O–H groups in total. The summed E-state index contributed by atoms with van der Waals surface area (Å²) in [5.41, 5.74) is 3.94. The molecule has 1 atom stereocenters. The summed E-state index contributed by atoms with van der Waals surface area (Å²) in [6.07, 6.45) is 0. The number of benzene rings is 2. The van der Waals surface area contributed by atoms with Gasteiger partial charge in [0.2, 0.25) is 0 Å². The van der Waals surface area contributed by atoms with Crippen molar-refractivity contribution >= 4 is 15.9 Å². The lowest BCUT2D eigenvalue weighted by atomic mass is 9.98. The number of hydrogen-bond donors (Lipinski definition) is 2. The molecule has 0 saturated heterocycles. The molecule has 0 heterocycles. The molecule has 0 saturated carbocycles. The first-order chi connectivity index (χ1) is 9.19. The third-order valence-electron chi connectivity index (χ3n) is 2.91. The van der Waals surface area contributed by atoms with E-state index >= 15 is 0 Å². The molecule has 0 fully saturated rings. The Hall–Kier alpha value is -1.43. The minimum Gasteiger partial charge on any atom is -0.494 e. The van der Waals surface area contributed by atoms with Crippen molar-refractivity contribution in [1.82, 2.24) is 5.43 Å². The zero-order chi connectivity index (χ0) is 13.8. The first-order valence-corrected chi connectivity index (χ1v) is 6.51. The standard InChI is InChI=1S/C14H14BrFN2O/c1-19-12-8-4-6-10(13(12)16)14(18-17)9-5-2-3-7-11(9)15/h2-8,14,18H,17H2,1H3. The van der Waals surface area contributed by atoms with Gasteiger partial charge in [-0.15, -0.1) is 0 Å². The van der Waals surface area contributed by atoms with Crippen LogP contribution in [0.15, 0.2) is 46.9 Å². The van der Waals surface area contributed by atoms with Crippen molar-refractivity contribution in [1.29, 1.82) is 0 Å². The predicted octanol–water partition coefficient (Wildman–Crippen LogP) is 3.15. The van der Waals surface area contributed by atoms with E-state index in [1.54, 1.807) is 18.2 Å². The molecule has 0 aromatic heterocycles. The van der Waals surface area contributed by atoms with Gasteiger partial charge in [0.15, 0.2) is 11.6 Å². The maximum absolute atomic E-state index is 14.3. The summed E-state index contributed by atoms with van der Waals surface area (Å²) in [6.45, 7) is 0. The first kappa shape index (κ1) is 14.0. The van der Waals surface area contributed by atoms with E-state index in [-0.39, 0.29) is 5.75 Å². The summed E-state index contributed by atoms with van der Waals surface area (Å²) in [4.78, 5) is 0. The van der Waals surface area contributed by atoms with Crippen molar-refractivity contribution in [2.24, 2.45) is 5.84 Å². The lowest BCUT2D eigenvalue weighted by Gasteiger charge is -2.19. The van der Waals surface area contributed by atoms with Crippen molar-refractivity contribution in [2.45, 2.75) is 6.04 Å². The van der Waals surface area contributed by atoms with E-state index in [2.05, 4.69) is 21.4 Å². The van der Waals surface area contributed by atoms with Crippen molar-refractivity contribution < 1.29 is 9.13 Å². The zero-order valence-electron chi connectivity index (χ0n) is 10.4. The van der Waals surface area contributed by atoms with Gasteiger partial charge in [-0.1, -0.05) is 46.3 Å². The van der Waals surface area contributed by atoms with Crippen LogP contribution in [0.2, 0.25) is 0 Å². The predicted molar refractivity (Wildman–Crippen MR) is 76.3 cm³/mol. The lowest BCUT2D eigenvalue weighted by molar-refractivity contribution is 0.381. The maximum atomic E-state index is 14.3. The fraction of sp³-hybridized carbons (Fsp3) is 0.143. The Kier molecular flexibility index (Phi) is 4.52. The minimum atomic E-state index is -0.453. The number of ether oxygens (including phenoxy) is 1. The summed E-state index contributed by atoms with van der Waals surface area (Å²) in [5.74, 6) is 5.37. The highest BCUT2D eigenvalue weighted by Gasteiger charge is 2.20. The smallest absolute Gasteiger partial charge is 0.170 e. The van der Waals surface area contributed by atoms with E-state index in [1.165, 1.54) is 7.11 Å². The van der Waals surface area contributed by atoms with Gasteiger partial charge in [0.25, 0.3) is 0 Å². The molecule has 2 rings (SSSR count). The van der Waals surface area contributed by atoms with Gasteiger partial charge in [-0.2, -0.15) is 0 Å². The van der Waals surface area contributed by atoms with Crippen molar-refractivity contribution in [3.63, 3.8) is 0 Å². The van der Waals surface area contributed by atoms with E-state index < -0.39 is 11.9 Å². The van der Waals surface area contributed by atoms with Gasteiger partial charge in [-0.25, -0.2) is 9.82 Å². The van der Waals surface area contributed by atoms with E-state index in [9.17, 15) is 4.39 Å². The number of nitrogens with two attached hydrogens (primary N) is 1. The van der Waals surface area contributed by atoms with Gasteiger partial charge in [0.1, 0.15) is 0 Å². The van der Waals surface area contributed by atoms with Gasteiger partial charge in [-0.05, 0) is 17.7 Å². The summed E-state index contributed by atoms with van der Waals surface area (Å²) in [7, 11) is 1.44. The highest BCUT2D eigenvalue weighted by atomic mass is 79.9. The van der Waals surface area contributed by atoms with Crippen LogP contribution in [0.25, 0.3) is 0 Å². The van der Waals surface area contributed by atoms with Crippen LogP contribution >= 0.6 is 15.9 Å². The Bertz CT molecular complexity index is 577. The number of hydrogen-bond acceptors (Lipinski definition) is 3. The molecule has 5 heteroatoms. The Labute approximate surface area is 119 Å². The summed E-state index contributed by atoms with van der Waals surface area (Å²) in [6, 6.07) is 12.1. The van der Waals surface area contributed by atoms with E-state index in [0.717, 1.165) is 10.0 Å². The molecule has 3 nitrogen and oxygen atoms in total.